The summed E-state index contributed by atoms with van der Waals surface area (Å²) in [6, 6.07) is 66.4. The lowest BCUT2D eigenvalue weighted by atomic mass is 9.93. The lowest BCUT2D eigenvalue weighted by Gasteiger charge is -2.13. The van der Waals surface area contributed by atoms with Gasteiger partial charge in [0.15, 0.2) is 0 Å². The maximum Gasteiger partial charge on any atom is 0.0548 e. The Balaban J connectivity index is 0.000000185. The summed E-state index contributed by atoms with van der Waals surface area (Å²) < 4.78 is 11.4. The van der Waals surface area contributed by atoms with Crippen LogP contribution >= 0.6 is 45.3 Å². The van der Waals surface area contributed by atoms with Crippen LogP contribution in [0.2, 0.25) is 0 Å². The molecule has 14 rings (SSSR count). The Morgan fingerprint density at radius 2 is 0.460 bits per heavy atom. The standard InChI is InChI=1S/C54H60S2.C42H52S2/c1-35(2)9-7-11-37(5)13-15-39-17-21-41(22-18-39)43-25-29-47-45(33-43)27-31-49-51(47)53-54(55-49)52-48-30-26-44(34-46(48)28-32-50(52)56-53)42-23-19-40(20-24-42)16-14-38(6)12-8-10-36(3)4;1-27(2)9-7-11-29(5)13-15-31-17-21-35-33(25-31)19-23-37-39(35)41-42(43-37)40-36-22-18-32(26-34(36)20-24-38(40)44-41)16-14-30(6)12-8-10-28(3)4/h17-38H,7-16H2,1-6H3;17-30H,7-16H2,1-6H3. The van der Waals surface area contributed by atoms with Crippen LogP contribution in [0.15, 0.2) is 170 Å². The summed E-state index contributed by atoms with van der Waals surface area (Å²) in [7, 11) is 0. The average molecular weight is 1390 g/mol. The van der Waals surface area contributed by atoms with Crippen molar-refractivity contribution in [2.45, 2.75) is 212 Å². The summed E-state index contributed by atoms with van der Waals surface area (Å²) in [6.07, 6.45) is 26.1. The molecule has 0 saturated heterocycles. The van der Waals surface area contributed by atoms with E-state index in [1.165, 1.54) is 275 Å². The van der Waals surface area contributed by atoms with E-state index < -0.39 is 0 Å². The SMILES string of the molecule is CC(C)CCCC(C)CCc1ccc(-c2ccc3c(ccc4sc5c(sc6ccc7cc(-c8ccc(CCC(C)CCCC(C)C)cc8)ccc7c65)c43)c2)cc1.CC(C)CCCC(C)CCc1ccc2c(ccc3sc4c(sc5ccc6cc(CCC(C)CCCC(C)C)ccc6c54)c32)c1. The second-order valence-electron chi connectivity index (χ2n) is 32.7. The van der Waals surface area contributed by atoms with Crippen molar-refractivity contribution in [1.82, 2.24) is 0 Å². The zero-order valence-electron chi connectivity index (χ0n) is 62.6. The fraction of sp³-hybridized carbons (Fsp3) is 0.417. The van der Waals surface area contributed by atoms with Gasteiger partial charge in [0, 0.05) is 40.3 Å². The van der Waals surface area contributed by atoms with Gasteiger partial charge in [0.05, 0.1) is 18.8 Å². The van der Waals surface area contributed by atoms with E-state index in [2.05, 4.69) is 253 Å². The molecule has 0 nitrogen and oxygen atoms in total. The van der Waals surface area contributed by atoms with E-state index in [-0.39, 0.29) is 0 Å². The second-order valence-corrected chi connectivity index (χ2v) is 36.9. The highest BCUT2D eigenvalue weighted by atomic mass is 32.1. The minimum atomic E-state index is 0.795. The highest BCUT2D eigenvalue weighted by Gasteiger charge is 2.21. The molecule has 520 valence electrons. The first-order valence-electron chi connectivity index (χ1n) is 39.1. The third kappa shape index (κ3) is 17.1. The van der Waals surface area contributed by atoms with Crippen LogP contribution in [0, 0.1) is 47.3 Å². The van der Waals surface area contributed by atoms with Crippen LogP contribution in [0.3, 0.4) is 0 Å². The second kappa shape index (κ2) is 32.9. The molecule has 0 N–H and O–H groups in total. The number of hydrogen-bond donors (Lipinski definition) is 0. The highest BCUT2D eigenvalue weighted by molar-refractivity contribution is 7.37. The van der Waals surface area contributed by atoms with Gasteiger partial charge in [-0.3, -0.25) is 0 Å². The first-order valence-corrected chi connectivity index (χ1v) is 42.4. The Hall–Kier alpha value is -6.40. The smallest absolute Gasteiger partial charge is 0.0548 e. The maximum atomic E-state index is 2.47. The Morgan fingerprint density at radius 3 is 0.740 bits per heavy atom. The first-order chi connectivity index (χ1) is 48.5. The third-order valence-corrected chi connectivity index (χ3v) is 27.4. The van der Waals surface area contributed by atoms with Gasteiger partial charge in [-0.15, -0.1) is 45.3 Å². The minimum Gasteiger partial charge on any atom is -0.134 e. The first kappa shape index (κ1) is 72.0. The molecule has 0 bridgehead atoms. The quantitative estimate of drug-likeness (QED) is 0.0421. The number of rotatable bonds is 30. The van der Waals surface area contributed by atoms with Crippen LogP contribution in [0.1, 0.15) is 208 Å². The van der Waals surface area contributed by atoms with Crippen LogP contribution in [0.4, 0.5) is 0 Å². The molecule has 0 amide bonds. The summed E-state index contributed by atoms with van der Waals surface area (Å²) in [6.45, 7) is 28.4. The van der Waals surface area contributed by atoms with Gasteiger partial charge in [-0.05, 0) is 223 Å². The zero-order valence-corrected chi connectivity index (χ0v) is 65.8. The summed E-state index contributed by atoms with van der Waals surface area (Å²) in [4.78, 5) is 0. The van der Waals surface area contributed by atoms with E-state index >= 15 is 0 Å². The monoisotopic (exact) mass is 1390 g/mol. The van der Waals surface area contributed by atoms with Crippen LogP contribution in [0.25, 0.3) is 124 Å². The molecular formula is C96H112S4. The van der Waals surface area contributed by atoms with Gasteiger partial charge in [-0.2, -0.15) is 0 Å². The lowest BCUT2D eigenvalue weighted by Crippen LogP contribution is -1.99. The van der Waals surface area contributed by atoms with E-state index in [1.54, 1.807) is 0 Å². The maximum absolute atomic E-state index is 2.47. The molecule has 0 radical (unpaired) electrons. The van der Waals surface area contributed by atoms with Crippen molar-refractivity contribution in [3.05, 3.63) is 192 Å². The van der Waals surface area contributed by atoms with Crippen molar-refractivity contribution in [1.29, 1.82) is 0 Å². The van der Waals surface area contributed by atoms with Gasteiger partial charge in [0.25, 0.3) is 0 Å². The summed E-state index contributed by atoms with van der Waals surface area (Å²) in [5, 5.41) is 16.8. The fourth-order valence-corrected chi connectivity index (χ4v) is 21.5. The Labute approximate surface area is 616 Å². The van der Waals surface area contributed by atoms with Gasteiger partial charge in [-0.25, -0.2) is 0 Å². The van der Waals surface area contributed by atoms with E-state index in [1.807, 2.05) is 45.3 Å². The van der Waals surface area contributed by atoms with Gasteiger partial charge >= 0.3 is 0 Å². The van der Waals surface area contributed by atoms with E-state index in [0.29, 0.717) is 0 Å². The zero-order chi connectivity index (χ0) is 69.6. The van der Waals surface area contributed by atoms with Crippen LogP contribution in [-0.2, 0) is 25.7 Å². The third-order valence-electron chi connectivity index (χ3n) is 22.4. The Morgan fingerprint density at radius 1 is 0.220 bits per heavy atom. The van der Waals surface area contributed by atoms with E-state index in [9.17, 15) is 0 Å². The van der Waals surface area contributed by atoms with Crippen LogP contribution < -0.4 is 0 Å². The van der Waals surface area contributed by atoms with Crippen molar-refractivity contribution in [3.63, 3.8) is 0 Å². The Kier molecular flexibility index (Phi) is 23.7. The predicted molar refractivity (Wildman–Crippen MR) is 455 cm³/mol. The largest absolute Gasteiger partial charge is 0.134 e. The molecule has 0 aliphatic rings. The molecule has 4 unspecified atom stereocenters. The van der Waals surface area contributed by atoms with Gasteiger partial charge in [0.1, 0.15) is 0 Å². The molecule has 0 saturated carbocycles. The van der Waals surface area contributed by atoms with Crippen LogP contribution in [0.5, 0.6) is 0 Å². The van der Waals surface area contributed by atoms with E-state index in [0.717, 1.165) is 47.3 Å². The summed E-state index contributed by atoms with van der Waals surface area (Å²) in [5.41, 5.74) is 11.1. The molecule has 0 aliphatic carbocycles. The molecule has 4 atom stereocenters. The van der Waals surface area contributed by atoms with Crippen molar-refractivity contribution in [3.8, 4) is 22.3 Å². The topological polar surface area (TPSA) is 0 Å². The average Bonchev–Trinajstić information content (AvgIpc) is 1.57. The number of aryl methyl sites for hydroxylation is 4. The number of fused-ring (bicyclic) bond motifs is 18. The van der Waals surface area contributed by atoms with Crippen molar-refractivity contribution < 1.29 is 0 Å². The molecule has 0 aliphatic heterocycles. The molecule has 100 heavy (non-hydrogen) atoms. The molecule has 0 fully saturated rings. The summed E-state index contributed by atoms with van der Waals surface area (Å²) >= 11 is 7.92. The number of benzene rings is 10. The summed E-state index contributed by atoms with van der Waals surface area (Å²) in [5.74, 6) is 6.47. The van der Waals surface area contributed by atoms with Gasteiger partial charge in [0.2, 0.25) is 0 Å². The molecule has 4 heteroatoms. The number of hydrogen-bond acceptors (Lipinski definition) is 4. The lowest BCUT2D eigenvalue weighted by molar-refractivity contribution is 0.437. The molecule has 4 heterocycles. The molecule has 4 aromatic heterocycles. The normalized spacial score (nSPS) is 13.6. The van der Waals surface area contributed by atoms with Gasteiger partial charge < -0.3 is 0 Å². The highest BCUT2D eigenvalue weighted by Crippen LogP contribution is 2.51. The molecular weight excluding hydrogens is 1280 g/mol. The Bertz CT molecular complexity index is 4730. The van der Waals surface area contributed by atoms with E-state index in [4.69, 9.17) is 0 Å². The van der Waals surface area contributed by atoms with Crippen molar-refractivity contribution in [2.75, 3.05) is 0 Å². The minimum absolute atomic E-state index is 0.795. The number of thiophene rings is 4. The fourth-order valence-electron chi connectivity index (χ4n) is 16.0. The van der Waals surface area contributed by atoms with Crippen molar-refractivity contribution in [2.24, 2.45) is 47.3 Å². The van der Waals surface area contributed by atoms with Crippen molar-refractivity contribution >= 4 is 148 Å². The van der Waals surface area contributed by atoms with Crippen LogP contribution in [-0.4, -0.2) is 0 Å². The molecule has 0 spiro atoms. The molecule has 14 aromatic rings. The predicted octanol–water partition coefficient (Wildman–Crippen LogP) is 32.1. The van der Waals surface area contributed by atoms with Gasteiger partial charge in [-0.1, -0.05) is 294 Å². The molecule has 10 aromatic carbocycles.